The number of phenolic OH excluding ortho intramolecular Hbond substituents is 1. The summed E-state index contributed by atoms with van der Waals surface area (Å²) in [6.45, 7) is 5.22. The van der Waals surface area contributed by atoms with Crippen molar-refractivity contribution in [2.45, 2.75) is 13.1 Å². The van der Waals surface area contributed by atoms with Crippen molar-refractivity contribution in [3.05, 3.63) is 77.4 Å². The molecule has 0 unspecified atom stereocenters. The summed E-state index contributed by atoms with van der Waals surface area (Å²) < 4.78 is 5.40. The van der Waals surface area contributed by atoms with Crippen LogP contribution < -0.4 is 0 Å². The molecule has 0 aromatic heterocycles. The second-order valence-corrected chi connectivity index (χ2v) is 6.89. The van der Waals surface area contributed by atoms with Crippen molar-refractivity contribution >= 4 is 17.0 Å². The van der Waals surface area contributed by atoms with Crippen LogP contribution in [-0.2, 0) is 17.8 Å². The van der Waals surface area contributed by atoms with Crippen molar-refractivity contribution in [2.75, 3.05) is 26.3 Å². The van der Waals surface area contributed by atoms with E-state index in [1.807, 2.05) is 30.3 Å². The van der Waals surface area contributed by atoms with Crippen LogP contribution in [0.15, 0.2) is 65.7 Å². The molecule has 1 heterocycles. The molecule has 27 heavy (non-hydrogen) atoms. The first-order valence-corrected chi connectivity index (χ1v) is 9.38. The van der Waals surface area contributed by atoms with E-state index >= 15 is 0 Å². The van der Waals surface area contributed by atoms with E-state index in [2.05, 4.69) is 34.2 Å². The van der Waals surface area contributed by atoms with Gasteiger partial charge in [-0.25, -0.2) is 0 Å². The second-order valence-electron chi connectivity index (χ2n) is 6.89. The van der Waals surface area contributed by atoms with Gasteiger partial charge in [-0.2, -0.15) is 0 Å². The SMILES string of the molecule is Oc1ccc2ccccc2c1C=NCc1ccc(CN2CCOCC2)cc1. The molecule has 4 heteroatoms. The minimum Gasteiger partial charge on any atom is -0.507 e. The molecule has 0 saturated carbocycles. The number of phenols is 1. The number of rotatable bonds is 5. The molecule has 4 rings (SSSR count). The van der Waals surface area contributed by atoms with Gasteiger partial charge in [-0.15, -0.1) is 0 Å². The lowest BCUT2D eigenvalue weighted by atomic mass is 10.0. The molecule has 0 radical (unpaired) electrons. The van der Waals surface area contributed by atoms with Gasteiger partial charge in [0.05, 0.1) is 19.8 Å². The number of hydrogen-bond acceptors (Lipinski definition) is 4. The molecule has 0 amide bonds. The van der Waals surface area contributed by atoms with Gasteiger partial charge < -0.3 is 9.84 Å². The van der Waals surface area contributed by atoms with Crippen molar-refractivity contribution in [3.8, 4) is 5.75 Å². The Labute approximate surface area is 159 Å². The number of morpholine rings is 1. The summed E-state index contributed by atoms with van der Waals surface area (Å²) in [4.78, 5) is 6.97. The Hall–Kier alpha value is -2.69. The van der Waals surface area contributed by atoms with Gasteiger partial charge in [0, 0.05) is 31.4 Å². The van der Waals surface area contributed by atoms with Gasteiger partial charge >= 0.3 is 0 Å². The van der Waals surface area contributed by atoms with Crippen molar-refractivity contribution < 1.29 is 9.84 Å². The van der Waals surface area contributed by atoms with Crippen LogP contribution in [0.1, 0.15) is 16.7 Å². The van der Waals surface area contributed by atoms with E-state index in [1.54, 1.807) is 12.3 Å². The molecular weight excluding hydrogens is 336 g/mol. The zero-order valence-corrected chi connectivity index (χ0v) is 15.3. The second kappa shape index (κ2) is 8.33. The third kappa shape index (κ3) is 4.35. The number of ether oxygens (including phenoxy) is 1. The molecule has 0 aliphatic carbocycles. The van der Waals surface area contributed by atoms with Gasteiger partial charge in [0.25, 0.3) is 0 Å². The maximum Gasteiger partial charge on any atom is 0.124 e. The fourth-order valence-electron chi connectivity index (χ4n) is 3.43. The van der Waals surface area contributed by atoms with Crippen molar-refractivity contribution in [2.24, 2.45) is 4.99 Å². The lowest BCUT2D eigenvalue weighted by Crippen LogP contribution is -2.35. The summed E-state index contributed by atoms with van der Waals surface area (Å²) in [6, 6.07) is 20.3. The number of nitrogens with zero attached hydrogens (tertiary/aromatic N) is 2. The standard InChI is InChI=1S/C23H24N2O2/c26-23-10-9-20-3-1-2-4-21(20)22(23)16-24-15-18-5-7-19(8-6-18)17-25-11-13-27-14-12-25/h1-10,16,26H,11-15,17H2. The fourth-order valence-corrected chi connectivity index (χ4v) is 3.43. The highest BCUT2D eigenvalue weighted by molar-refractivity contribution is 6.02. The number of fused-ring (bicyclic) bond motifs is 1. The Kier molecular flexibility index (Phi) is 5.47. The van der Waals surface area contributed by atoms with Crippen molar-refractivity contribution in [1.82, 2.24) is 4.90 Å². The number of benzene rings is 3. The lowest BCUT2D eigenvalue weighted by molar-refractivity contribution is 0.0342. The van der Waals surface area contributed by atoms with Gasteiger partial charge in [-0.1, -0.05) is 54.6 Å². The highest BCUT2D eigenvalue weighted by atomic mass is 16.5. The van der Waals surface area contributed by atoms with Gasteiger partial charge in [0.2, 0.25) is 0 Å². The van der Waals surface area contributed by atoms with Crippen LogP contribution >= 0.6 is 0 Å². The highest BCUT2D eigenvalue weighted by Crippen LogP contribution is 2.25. The van der Waals surface area contributed by atoms with Crippen molar-refractivity contribution in [3.63, 3.8) is 0 Å². The lowest BCUT2D eigenvalue weighted by Gasteiger charge is -2.26. The fraction of sp³-hybridized carbons (Fsp3) is 0.261. The molecule has 4 nitrogen and oxygen atoms in total. The van der Waals surface area contributed by atoms with E-state index < -0.39 is 0 Å². The Morgan fingerprint density at radius 2 is 1.67 bits per heavy atom. The monoisotopic (exact) mass is 360 g/mol. The molecule has 138 valence electrons. The number of aromatic hydroxyl groups is 1. The van der Waals surface area contributed by atoms with E-state index in [1.165, 1.54) is 5.56 Å². The average molecular weight is 360 g/mol. The van der Waals surface area contributed by atoms with Gasteiger partial charge in [0.1, 0.15) is 5.75 Å². The maximum absolute atomic E-state index is 10.2. The first-order valence-electron chi connectivity index (χ1n) is 9.38. The van der Waals surface area contributed by atoms with Crippen molar-refractivity contribution in [1.29, 1.82) is 0 Å². The van der Waals surface area contributed by atoms with E-state index in [4.69, 9.17) is 4.74 Å². The highest BCUT2D eigenvalue weighted by Gasteiger charge is 2.10. The Morgan fingerprint density at radius 1 is 0.926 bits per heavy atom. The number of aliphatic imine (C=N–C) groups is 1. The molecule has 0 atom stereocenters. The first kappa shape index (κ1) is 17.7. The van der Waals surface area contributed by atoms with Crippen LogP contribution in [0.4, 0.5) is 0 Å². The Balaban J connectivity index is 1.42. The molecule has 0 spiro atoms. The van der Waals surface area contributed by atoms with Gasteiger partial charge in [-0.3, -0.25) is 9.89 Å². The predicted molar refractivity (Wildman–Crippen MR) is 109 cm³/mol. The van der Waals surface area contributed by atoms with Crippen LogP contribution in [-0.4, -0.2) is 42.5 Å². The van der Waals surface area contributed by atoms with Gasteiger partial charge in [0.15, 0.2) is 0 Å². The summed E-state index contributed by atoms with van der Waals surface area (Å²) in [7, 11) is 0. The van der Waals surface area contributed by atoms with Crippen LogP contribution in [0.2, 0.25) is 0 Å². The van der Waals surface area contributed by atoms with Crippen LogP contribution in [0, 0.1) is 0 Å². The minimum absolute atomic E-state index is 0.262. The molecular formula is C23H24N2O2. The molecule has 3 aromatic carbocycles. The Bertz CT molecular complexity index is 929. The van der Waals surface area contributed by atoms with Crippen LogP contribution in [0.25, 0.3) is 10.8 Å². The molecule has 0 bridgehead atoms. The smallest absolute Gasteiger partial charge is 0.124 e. The summed E-state index contributed by atoms with van der Waals surface area (Å²) >= 11 is 0. The van der Waals surface area contributed by atoms with Gasteiger partial charge in [-0.05, 0) is 28.0 Å². The average Bonchev–Trinajstić information content (AvgIpc) is 2.72. The largest absolute Gasteiger partial charge is 0.507 e. The van der Waals surface area contributed by atoms with E-state index in [0.717, 1.165) is 54.7 Å². The normalized spacial score (nSPS) is 15.6. The topological polar surface area (TPSA) is 45.1 Å². The molecule has 1 aliphatic heterocycles. The van der Waals surface area contributed by atoms with Crippen LogP contribution in [0.5, 0.6) is 5.75 Å². The molecule has 3 aromatic rings. The third-order valence-corrected chi connectivity index (χ3v) is 4.97. The third-order valence-electron chi connectivity index (χ3n) is 4.97. The van der Waals surface area contributed by atoms with E-state index in [-0.39, 0.29) is 5.75 Å². The quantitative estimate of drug-likeness (QED) is 0.700. The van der Waals surface area contributed by atoms with Crippen LogP contribution in [0.3, 0.4) is 0 Å². The number of hydrogen-bond donors (Lipinski definition) is 1. The molecule has 1 N–H and O–H groups in total. The van der Waals surface area contributed by atoms with E-state index in [0.29, 0.717) is 6.54 Å². The summed E-state index contributed by atoms with van der Waals surface area (Å²) in [5, 5.41) is 12.3. The molecule has 1 fully saturated rings. The predicted octanol–water partition coefficient (Wildman–Crippen LogP) is 4.00. The Morgan fingerprint density at radius 3 is 2.48 bits per heavy atom. The van der Waals surface area contributed by atoms with E-state index in [9.17, 15) is 5.11 Å². The molecule has 1 aliphatic rings. The minimum atomic E-state index is 0.262. The summed E-state index contributed by atoms with van der Waals surface area (Å²) in [6.07, 6.45) is 1.78. The maximum atomic E-state index is 10.2. The zero-order chi connectivity index (χ0) is 18.5. The zero-order valence-electron chi connectivity index (χ0n) is 15.3. The molecule has 1 saturated heterocycles. The first-order chi connectivity index (χ1) is 13.3. The summed E-state index contributed by atoms with van der Waals surface area (Å²) in [5.74, 6) is 0.262. The summed E-state index contributed by atoms with van der Waals surface area (Å²) in [5.41, 5.74) is 3.25.